The lowest BCUT2D eigenvalue weighted by atomic mass is 10.1. The van der Waals surface area contributed by atoms with Gasteiger partial charge in [0.05, 0.1) is 10.5 Å². The van der Waals surface area contributed by atoms with Gasteiger partial charge in [0.25, 0.3) is 5.91 Å². The highest BCUT2D eigenvalue weighted by Crippen LogP contribution is 2.29. The lowest BCUT2D eigenvalue weighted by Gasteiger charge is -2.34. The Kier molecular flexibility index (Phi) is 7.37. The van der Waals surface area contributed by atoms with Crippen LogP contribution in [0, 0.1) is 0 Å². The van der Waals surface area contributed by atoms with E-state index in [0.29, 0.717) is 38.3 Å². The van der Waals surface area contributed by atoms with Crippen LogP contribution in [0.5, 0.6) is 0 Å². The van der Waals surface area contributed by atoms with Crippen molar-refractivity contribution in [3.05, 3.63) is 77.9 Å². The van der Waals surface area contributed by atoms with E-state index in [1.807, 2.05) is 0 Å². The minimum absolute atomic E-state index is 0.0669. The van der Waals surface area contributed by atoms with E-state index in [2.05, 4.69) is 16.2 Å². The summed E-state index contributed by atoms with van der Waals surface area (Å²) in [4.78, 5) is 16.6. The number of nitrogens with one attached hydrogen (secondary N) is 1. The minimum atomic E-state index is -4.35. The highest BCUT2D eigenvalue weighted by atomic mass is 32.2. The molecule has 32 heavy (non-hydrogen) atoms. The van der Waals surface area contributed by atoms with Crippen LogP contribution in [0.1, 0.15) is 21.5 Å². The Morgan fingerprint density at radius 2 is 1.59 bits per heavy atom. The van der Waals surface area contributed by atoms with Crippen LogP contribution >= 0.6 is 0 Å². The molecule has 6 nitrogen and oxygen atoms in total. The van der Waals surface area contributed by atoms with Gasteiger partial charge >= 0.3 is 6.18 Å². The number of piperazine rings is 1. The standard InChI is InChI=1S/C22H24F3N3O3S/c1-2-11-26-32(30,31)20-9-5-18(6-10-20)21(29)28-14-12-27(13-15-28)16-17-3-7-19(8-4-17)22(23,24)25/h2-10,26H,1,11-16H2. The van der Waals surface area contributed by atoms with Gasteiger partial charge in [0.1, 0.15) is 0 Å². The zero-order valence-corrected chi connectivity index (χ0v) is 18.1. The Morgan fingerprint density at radius 3 is 2.12 bits per heavy atom. The molecule has 1 aliphatic heterocycles. The average Bonchev–Trinajstić information content (AvgIpc) is 2.78. The predicted molar refractivity (Wildman–Crippen MR) is 114 cm³/mol. The predicted octanol–water partition coefficient (Wildman–Crippen LogP) is 3.13. The van der Waals surface area contributed by atoms with Gasteiger partial charge in [-0.15, -0.1) is 6.58 Å². The van der Waals surface area contributed by atoms with Crippen molar-refractivity contribution >= 4 is 15.9 Å². The summed E-state index contributed by atoms with van der Waals surface area (Å²) in [5.41, 5.74) is 0.496. The Labute approximate surface area is 185 Å². The Morgan fingerprint density at radius 1 is 1.00 bits per heavy atom. The summed E-state index contributed by atoms with van der Waals surface area (Å²) in [5, 5.41) is 0. The van der Waals surface area contributed by atoms with Gasteiger partial charge in [-0.05, 0) is 42.0 Å². The summed E-state index contributed by atoms with van der Waals surface area (Å²) in [5.74, 6) is -0.192. The zero-order chi connectivity index (χ0) is 23.4. The van der Waals surface area contributed by atoms with Crippen LogP contribution in [0.15, 0.2) is 66.1 Å². The number of nitrogens with zero attached hydrogens (tertiary/aromatic N) is 2. The quantitative estimate of drug-likeness (QED) is 0.636. The Bertz CT molecular complexity index is 1040. The lowest BCUT2D eigenvalue weighted by molar-refractivity contribution is -0.137. The van der Waals surface area contributed by atoms with Crippen LogP contribution in [-0.2, 0) is 22.7 Å². The van der Waals surface area contributed by atoms with Crippen molar-refractivity contribution in [2.45, 2.75) is 17.6 Å². The summed E-state index contributed by atoms with van der Waals surface area (Å²) in [6.45, 7) is 6.20. The highest BCUT2D eigenvalue weighted by Gasteiger charge is 2.30. The summed E-state index contributed by atoms with van der Waals surface area (Å²) in [6.07, 6.45) is -2.92. The van der Waals surface area contributed by atoms with Gasteiger partial charge in [0.2, 0.25) is 10.0 Å². The fraction of sp³-hybridized carbons (Fsp3) is 0.318. The van der Waals surface area contributed by atoms with Gasteiger partial charge < -0.3 is 4.90 Å². The molecule has 2 aromatic carbocycles. The van der Waals surface area contributed by atoms with E-state index in [-0.39, 0.29) is 17.3 Å². The summed E-state index contributed by atoms with van der Waals surface area (Å²) in [6, 6.07) is 10.8. The zero-order valence-electron chi connectivity index (χ0n) is 17.3. The average molecular weight is 468 g/mol. The molecule has 0 aliphatic carbocycles. The number of carbonyl (C=O) groups is 1. The molecule has 0 bridgehead atoms. The number of halogens is 3. The Balaban J connectivity index is 1.54. The lowest BCUT2D eigenvalue weighted by Crippen LogP contribution is -2.48. The first-order chi connectivity index (χ1) is 15.1. The molecule has 1 N–H and O–H groups in total. The normalized spacial score (nSPS) is 15.5. The monoisotopic (exact) mass is 467 g/mol. The molecule has 10 heteroatoms. The van der Waals surface area contributed by atoms with Crippen molar-refractivity contribution in [2.75, 3.05) is 32.7 Å². The number of rotatable bonds is 7. The topological polar surface area (TPSA) is 69.7 Å². The summed E-state index contributed by atoms with van der Waals surface area (Å²) < 4.78 is 64.6. The highest BCUT2D eigenvalue weighted by molar-refractivity contribution is 7.89. The van der Waals surface area contributed by atoms with E-state index in [1.54, 1.807) is 4.90 Å². The smallest absolute Gasteiger partial charge is 0.336 e. The molecule has 2 aromatic rings. The van der Waals surface area contributed by atoms with Gasteiger partial charge in [-0.25, -0.2) is 13.1 Å². The second kappa shape index (κ2) is 9.85. The molecular weight excluding hydrogens is 443 g/mol. The SMILES string of the molecule is C=CCNS(=O)(=O)c1ccc(C(=O)N2CCN(Cc3ccc(C(F)(F)F)cc3)CC2)cc1. The molecule has 172 valence electrons. The molecule has 1 heterocycles. The van der Waals surface area contributed by atoms with Gasteiger partial charge in [0.15, 0.2) is 0 Å². The number of alkyl halides is 3. The van der Waals surface area contributed by atoms with Gasteiger partial charge in [-0.1, -0.05) is 18.2 Å². The molecule has 0 spiro atoms. The minimum Gasteiger partial charge on any atom is -0.336 e. The first kappa shape index (κ1) is 24.0. The second-order valence-electron chi connectivity index (χ2n) is 7.43. The van der Waals surface area contributed by atoms with Gasteiger partial charge in [0, 0.05) is 44.8 Å². The molecule has 0 saturated carbocycles. The molecular formula is C22H24F3N3O3S. The van der Waals surface area contributed by atoms with Crippen molar-refractivity contribution in [1.29, 1.82) is 0 Å². The number of hydrogen-bond acceptors (Lipinski definition) is 4. The third-order valence-corrected chi connectivity index (χ3v) is 6.62. The van der Waals surface area contributed by atoms with Crippen LogP contribution in [0.2, 0.25) is 0 Å². The molecule has 1 amide bonds. The van der Waals surface area contributed by atoms with Crippen molar-refractivity contribution in [3.8, 4) is 0 Å². The summed E-state index contributed by atoms with van der Waals surface area (Å²) >= 11 is 0. The van der Waals surface area contributed by atoms with Crippen LogP contribution < -0.4 is 4.72 Å². The van der Waals surface area contributed by atoms with Crippen LogP contribution in [-0.4, -0.2) is 56.8 Å². The molecule has 3 rings (SSSR count). The van der Waals surface area contributed by atoms with Crippen LogP contribution in [0.3, 0.4) is 0 Å². The third kappa shape index (κ3) is 5.96. The van der Waals surface area contributed by atoms with E-state index in [9.17, 15) is 26.4 Å². The van der Waals surface area contributed by atoms with Crippen molar-refractivity contribution < 1.29 is 26.4 Å². The Hall–Kier alpha value is -2.69. The first-order valence-electron chi connectivity index (χ1n) is 9.98. The number of benzene rings is 2. The molecule has 0 radical (unpaired) electrons. The van der Waals surface area contributed by atoms with Crippen molar-refractivity contribution in [3.63, 3.8) is 0 Å². The van der Waals surface area contributed by atoms with Crippen LogP contribution in [0.4, 0.5) is 13.2 Å². The van der Waals surface area contributed by atoms with E-state index in [4.69, 9.17) is 0 Å². The number of sulfonamides is 1. The fourth-order valence-corrected chi connectivity index (χ4v) is 4.38. The van der Waals surface area contributed by atoms with Crippen molar-refractivity contribution in [1.82, 2.24) is 14.5 Å². The van der Waals surface area contributed by atoms with E-state index in [1.165, 1.54) is 42.5 Å². The van der Waals surface area contributed by atoms with E-state index >= 15 is 0 Å². The molecule has 1 fully saturated rings. The molecule has 1 aliphatic rings. The maximum Gasteiger partial charge on any atom is 0.416 e. The maximum atomic E-state index is 12.8. The van der Waals surface area contributed by atoms with Crippen LogP contribution in [0.25, 0.3) is 0 Å². The first-order valence-corrected chi connectivity index (χ1v) is 11.5. The second-order valence-corrected chi connectivity index (χ2v) is 9.19. The number of hydrogen-bond donors (Lipinski definition) is 1. The number of amides is 1. The fourth-order valence-electron chi connectivity index (χ4n) is 3.38. The van der Waals surface area contributed by atoms with Gasteiger partial charge in [-0.3, -0.25) is 9.69 Å². The molecule has 1 saturated heterocycles. The van der Waals surface area contributed by atoms with Crippen molar-refractivity contribution in [2.24, 2.45) is 0 Å². The maximum absolute atomic E-state index is 12.8. The molecule has 0 atom stereocenters. The van der Waals surface area contributed by atoms with E-state index < -0.39 is 21.8 Å². The largest absolute Gasteiger partial charge is 0.416 e. The summed E-state index contributed by atoms with van der Waals surface area (Å²) in [7, 11) is -3.65. The molecule has 0 aromatic heterocycles. The molecule has 0 unspecified atom stereocenters. The number of carbonyl (C=O) groups excluding carboxylic acids is 1. The third-order valence-electron chi connectivity index (χ3n) is 5.18. The van der Waals surface area contributed by atoms with Gasteiger partial charge in [-0.2, -0.15) is 13.2 Å². The van der Waals surface area contributed by atoms with E-state index in [0.717, 1.165) is 17.7 Å².